The SMILES string of the molecule is CC(C)c1[nH]n(-c2cccnc2Cl)c(=O)c1Br. The van der Waals surface area contributed by atoms with Crippen LogP contribution in [0.5, 0.6) is 0 Å². The number of hydrogen-bond acceptors (Lipinski definition) is 2. The van der Waals surface area contributed by atoms with Gasteiger partial charge in [0.2, 0.25) is 0 Å². The van der Waals surface area contributed by atoms with Crippen molar-refractivity contribution in [3.05, 3.63) is 44.0 Å². The highest BCUT2D eigenvalue weighted by Gasteiger charge is 2.16. The predicted molar refractivity (Wildman–Crippen MR) is 71.0 cm³/mol. The Morgan fingerprint density at radius 1 is 1.53 bits per heavy atom. The maximum absolute atomic E-state index is 12.0. The summed E-state index contributed by atoms with van der Waals surface area (Å²) in [7, 11) is 0. The van der Waals surface area contributed by atoms with Gasteiger partial charge in [0.15, 0.2) is 5.15 Å². The molecule has 0 saturated carbocycles. The van der Waals surface area contributed by atoms with Gasteiger partial charge < -0.3 is 0 Å². The van der Waals surface area contributed by atoms with E-state index in [2.05, 4.69) is 26.0 Å². The summed E-state index contributed by atoms with van der Waals surface area (Å²) in [5, 5.41) is 3.33. The second-order valence-electron chi connectivity index (χ2n) is 3.95. The molecule has 6 heteroatoms. The molecule has 0 aliphatic rings. The van der Waals surface area contributed by atoms with Crippen LogP contribution in [0.1, 0.15) is 25.5 Å². The van der Waals surface area contributed by atoms with E-state index in [1.165, 1.54) is 4.68 Å². The molecular weight excluding hydrogens is 305 g/mol. The molecule has 0 atom stereocenters. The molecule has 0 saturated heterocycles. The summed E-state index contributed by atoms with van der Waals surface area (Å²) >= 11 is 9.26. The van der Waals surface area contributed by atoms with Crippen LogP contribution in [0.4, 0.5) is 0 Å². The second kappa shape index (κ2) is 4.66. The molecule has 2 aromatic heterocycles. The number of pyridine rings is 1. The van der Waals surface area contributed by atoms with E-state index in [1.807, 2.05) is 13.8 Å². The van der Waals surface area contributed by atoms with Crippen LogP contribution in [0.25, 0.3) is 5.69 Å². The second-order valence-corrected chi connectivity index (χ2v) is 5.10. The largest absolute Gasteiger partial charge is 0.293 e. The zero-order valence-corrected chi connectivity index (χ0v) is 11.7. The fourth-order valence-electron chi connectivity index (χ4n) is 1.53. The van der Waals surface area contributed by atoms with Crippen molar-refractivity contribution in [2.75, 3.05) is 0 Å². The van der Waals surface area contributed by atoms with Crippen molar-refractivity contribution in [1.29, 1.82) is 0 Å². The predicted octanol–water partition coefficient (Wildman–Crippen LogP) is 3.10. The Bertz CT molecular complexity index is 603. The Labute approximate surface area is 112 Å². The number of nitrogens with one attached hydrogen (secondary N) is 1. The van der Waals surface area contributed by atoms with E-state index in [-0.39, 0.29) is 11.5 Å². The summed E-state index contributed by atoms with van der Waals surface area (Å²) in [6, 6.07) is 3.47. The third kappa shape index (κ3) is 2.17. The molecule has 0 aliphatic heterocycles. The molecule has 0 fully saturated rings. The van der Waals surface area contributed by atoms with Crippen LogP contribution >= 0.6 is 27.5 Å². The topological polar surface area (TPSA) is 50.7 Å². The molecule has 2 aromatic rings. The van der Waals surface area contributed by atoms with Gasteiger partial charge in [0.25, 0.3) is 5.56 Å². The number of H-pyrrole nitrogens is 1. The van der Waals surface area contributed by atoms with Gasteiger partial charge in [-0.25, -0.2) is 9.67 Å². The maximum Gasteiger partial charge on any atom is 0.285 e. The number of nitrogens with zero attached hydrogens (tertiary/aromatic N) is 2. The van der Waals surface area contributed by atoms with Crippen LogP contribution in [-0.4, -0.2) is 14.8 Å². The lowest BCUT2D eigenvalue weighted by molar-refractivity contribution is 0.758. The average Bonchev–Trinajstić information content (AvgIpc) is 2.57. The van der Waals surface area contributed by atoms with Crippen molar-refractivity contribution >= 4 is 27.5 Å². The number of rotatable bonds is 2. The van der Waals surface area contributed by atoms with Gasteiger partial charge in [0.05, 0.1) is 5.69 Å². The highest BCUT2D eigenvalue weighted by atomic mass is 79.9. The molecule has 0 bridgehead atoms. The minimum atomic E-state index is -0.163. The van der Waals surface area contributed by atoms with Crippen LogP contribution in [0.3, 0.4) is 0 Å². The first-order valence-electron chi connectivity index (χ1n) is 5.13. The fourth-order valence-corrected chi connectivity index (χ4v) is 2.46. The van der Waals surface area contributed by atoms with Crippen LogP contribution in [0.2, 0.25) is 5.15 Å². The van der Waals surface area contributed by atoms with Crippen molar-refractivity contribution in [2.45, 2.75) is 19.8 Å². The van der Waals surface area contributed by atoms with E-state index in [4.69, 9.17) is 11.6 Å². The van der Waals surface area contributed by atoms with E-state index >= 15 is 0 Å². The normalized spacial score (nSPS) is 11.1. The van der Waals surface area contributed by atoms with Gasteiger partial charge in [-0.1, -0.05) is 25.4 Å². The Morgan fingerprint density at radius 3 is 2.76 bits per heavy atom. The monoisotopic (exact) mass is 315 g/mol. The molecule has 4 nitrogen and oxygen atoms in total. The standard InChI is InChI=1S/C11H11BrClN3O/c1-6(2)9-8(12)11(17)16(15-9)7-4-3-5-14-10(7)13/h3-6,15H,1-2H3. The van der Waals surface area contributed by atoms with Gasteiger partial charge in [-0.05, 0) is 34.0 Å². The number of hydrogen-bond donors (Lipinski definition) is 1. The highest BCUT2D eigenvalue weighted by Crippen LogP contribution is 2.22. The fraction of sp³-hybridized carbons (Fsp3) is 0.273. The van der Waals surface area contributed by atoms with Gasteiger partial charge in [0, 0.05) is 6.20 Å². The zero-order valence-electron chi connectivity index (χ0n) is 9.37. The molecular formula is C11H11BrClN3O. The molecule has 0 aliphatic carbocycles. The molecule has 1 N–H and O–H groups in total. The summed E-state index contributed by atoms with van der Waals surface area (Å²) in [6.45, 7) is 4.01. The van der Waals surface area contributed by atoms with E-state index in [1.54, 1.807) is 18.3 Å². The Morgan fingerprint density at radius 2 is 2.24 bits per heavy atom. The Balaban J connectivity index is 2.66. The van der Waals surface area contributed by atoms with E-state index in [9.17, 15) is 4.79 Å². The van der Waals surface area contributed by atoms with E-state index in [0.29, 0.717) is 15.3 Å². The smallest absolute Gasteiger partial charge is 0.285 e. The van der Waals surface area contributed by atoms with Crippen LogP contribution < -0.4 is 5.56 Å². The molecule has 2 heterocycles. The summed E-state index contributed by atoms with van der Waals surface area (Å²) in [4.78, 5) is 16.0. The van der Waals surface area contributed by atoms with Crippen molar-refractivity contribution in [3.8, 4) is 5.69 Å². The Hall–Kier alpha value is -1.07. The molecule has 0 aromatic carbocycles. The van der Waals surface area contributed by atoms with Gasteiger partial charge in [-0.15, -0.1) is 0 Å². The molecule has 90 valence electrons. The summed E-state index contributed by atoms with van der Waals surface area (Å²) in [6.07, 6.45) is 1.58. The van der Waals surface area contributed by atoms with Crippen molar-refractivity contribution in [2.24, 2.45) is 0 Å². The number of halogens is 2. The number of aromatic nitrogens is 3. The zero-order chi connectivity index (χ0) is 12.6. The quantitative estimate of drug-likeness (QED) is 0.866. The van der Waals surface area contributed by atoms with Crippen LogP contribution in [-0.2, 0) is 0 Å². The van der Waals surface area contributed by atoms with Gasteiger partial charge in [0.1, 0.15) is 10.2 Å². The maximum atomic E-state index is 12.0. The molecule has 0 radical (unpaired) electrons. The van der Waals surface area contributed by atoms with Gasteiger partial charge in [-0.2, -0.15) is 0 Å². The van der Waals surface area contributed by atoms with Crippen LogP contribution in [0, 0.1) is 0 Å². The van der Waals surface area contributed by atoms with E-state index < -0.39 is 0 Å². The van der Waals surface area contributed by atoms with Gasteiger partial charge >= 0.3 is 0 Å². The van der Waals surface area contributed by atoms with E-state index in [0.717, 1.165) is 5.69 Å². The Kier molecular flexibility index (Phi) is 3.40. The lowest BCUT2D eigenvalue weighted by Gasteiger charge is -2.04. The summed E-state index contributed by atoms with van der Waals surface area (Å²) < 4.78 is 1.93. The third-order valence-corrected chi connectivity index (χ3v) is 3.47. The van der Waals surface area contributed by atoms with Crippen molar-refractivity contribution in [1.82, 2.24) is 14.8 Å². The van der Waals surface area contributed by atoms with Crippen molar-refractivity contribution < 1.29 is 0 Å². The minimum absolute atomic E-state index is 0.163. The first-order valence-corrected chi connectivity index (χ1v) is 6.30. The number of aromatic amines is 1. The average molecular weight is 317 g/mol. The molecule has 0 amide bonds. The van der Waals surface area contributed by atoms with Gasteiger partial charge in [-0.3, -0.25) is 9.89 Å². The first kappa shape index (κ1) is 12.4. The van der Waals surface area contributed by atoms with Crippen molar-refractivity contribution in [3.63, 3.8) is 0 Å². The molecule has 0 spiro atoms. The molecule has 0 unspecified atom stereocenters. The first-order chi connectivity index (χ1) is 8.02. The van der Waals surface area contributed by atoms with Crippen LogP contribution in [0.15, 0.2) is 27.6 Å². The summed E-state index contributed by atoms with van der Waals surface area (Å²) in [5.41, 5.74) is 1.23. The highest BCUT2D eigenvalue weighted by molar-refractivity contribution is 9.10. The molecule has 2 rings (SSSR count). The lowest BCUT2D eigenvalue weighted by Crippen LogP contribution is -2.15. The third-order valence-electron chi connectivity index (χ3n) is 2.42. The molecule has 17 heavy (non-hydrogen) atoms. The summed E-state index contributed by atoms with van der Waals surface area (Å²) in [5.74, 6) is 0.216. The lowest BCUT2D eigenvalue weighted by atomic mass is 10.1. The minimum Gasteiger partial charge on any atom is -0.293 e.